The summed E-state index contributed by atoms with van der Waals surface area (Å²) < 4.78 is 31.7. The van der Waals surface area contributed by atoms with Crippen molar-refractivity contribution in [2.24, 2.45) is 4.99 Å². The van der Waals surface area contributed by atoms with Crippen LogP contribution in [-0.4, -0.2) is 25.0 Å². The van der Waals surface area contributed by atoms with Gasteiger partial charge in [0.25, 0.3) is 0 Å². The van der Waals surface area contributed by atoms with E-state index in [1.54, 1.807) is 6.08 Å². The largest absolute Gasteiger partial charge is 0.402 e. The van der Waals surface area contributed by atoms with E-state index in [1.807, 2.05) is 24.3 Å². The number of carbonyl (C=O) groups is 1. The normalized spacial score (nSPS) is 15.1. The first kappa shape index (κ1) is 19.0. The van der Waals surface area contributed by atoms with Gasteiger partial charge in [-0.2, -0.15) is 0 Å². The van der Waals surface area contributed by atoms with Gasteiger partial charge in [0.15, 0.2) is 17.3 Å². The smallest absolute Gasteiger partial charge is 0.363 e. The topological polar surface area (TPSA) is 41.9 Å². The molecule has 4 nitrogen and oxygen atoms in total. The van der Waals surface area contributed by atoms with Gasteiger partial charge in [0.05, 0.1) is 10.6 Å². The van der Waals surface area contributed by atoms with Gasteiger partial charge in [-0.05, 0) is 49.8 Å². The average Bonchev–Trinajstić information content (AvgIpc) is 3.01. The minimum atomic E-state index is -1.10. The van der Waals surface area contributed by atoms with E-state index in [0.717, 1.165) is 36.5 Å². The minimum absolute atomic E-state index is 0.0178. The lowest BCUT2D eigenvalue weighted by molar-refractivity contribution is -0.129. The van der Waals surface area contributed by atoms with Crippen molar-refractivity contribution in [3.63, 3.8) is 0 Å². The second kappa shape index (κ2) is 7.88. The summed E-state index contributed by atoms with van der Waals surface area (Å²) in [6.07, 6.45) is 1.56. The number of anilines is 1. The van der Waals surface area contributed by atoms with Crippen LogP contribution in [0.3, 0.4) is 0 Å². The Balaban J connectivity index is 1.89. The second-order valence-electron chi connectivity index (χ2n) is 5.85. The van der Waals surface area contributed by atoms with Gasteiger partial charge in [-0.1, -0.05) is 23.7 Å². The standard InChI is InChI=1S/C20H17ClF2N2O2/c1-3-25(4-2)13-7-5-12(6-8-13)9-18-20(26)27-19(24-18)14-10-16(22)17(23)11-15(14)21/h5-11H,3-4H2,1-2H3. The summed E-state index contributed by atoms with van der Waals surface area (Å²) >= 11 is 5.91. The number of aliphatic imine (C=N–C) groups is 1. The van der Waals surface area contributed by atoms with Crippen molar-refractivity contribution in [2.75, 3.05) is 18.0 Å². The highest BCUT2D eigenvalue weighted by atomic mass is 35.5. The van der Waals surface area contributed by atoms with Gasteiger partial charge in [-0.15, -0.1) is 0 Å². The fourth-order valence-corrected chi connectivity index (χ4v) is 2.97. The zero-order chi connectivity index (χ0) is 19.6. The number of carbonyl (C=O) groups excluding carboxylic acids is 1. The van der Waals surface area contributed by atoms with Gasteiger partial charge in [0, 0.05) is 18.8 Å². The van der Waals surface area contributed by atoms with Crippen LogP contribution in [0.4, 0.5) is 14.5 Å². The summed E-state index contributed by atoms with van der Waals surface area (Å²) in [6.45, 7) is 5.94. The first-order chi connectivity index (χ1) is 12.9. The van der Waals surface area contributed by atoms with Crippen LogP contribution in [0, 0.1) is 11.6 Å². The average molecular weight is 391 g/mol. The molecule has 1 aliphatic rings. The zero-order valence-corrected chi connectivity index (χ0v) is 15.6. The molecule has 140 valence electrons. The van der Waals surface area contributed by atoms with Crippen LogP contribution in [0.1, 0.15) is 25.0 Å². The molecule has 7 heteroatoms. The van der Waals surface area contributed by atoms with Crippen molar-refractivity contribution in [2.45, 2.75) is 13.8 Å². The molecule has 0 atom stereocenters. The van der Waals surface area contributed by atoms with Gasteiger partial charge >= 0.3 is 5.97 Å². The van der Waals surface area contributed by atoms with E-state index in [4.69, 9.17) is 16.3 Å². The molecule has 0 saturated carbocycles. The Kier molecular flexibility index (Phi) is 5.56. The molecule has 0 bridgehead atoms. The molecule has 0 radical (unpaired) electrons. The molecule has 0 aliphatic carbocycles. The predicted molar refractivity (Wildman–Crippen MR) is 102 cm³/mol. The van der Waals surface area contributed by atoms with E-state index in [-0.39, 0.29) is 22.2 Å². The van der Waals surface area contributed by atoms with Crippen LogP contribution < -0.4 is 4.90 Å². The third-order valence-electron chi connectivity index (χ3n) is 4.19. The number of rotatable bonds is 5. The van der Waals surface area contributed by atoms with Crippen molar-refractivity contribution in [3.05, 3.63) is 69.9 Å². The number of benzene rings is 2. The molecule has 2 aromatic carbocycles. The van der Waals surface area contributed by atoms with E-state index >= 15 is 0 Å². The van der Waals surface area contributed by atoms with Gasteiger partial charge < -0.3 is 9.64 Å². The minimum Gasteiger partial charge on any atom is -0.402 e. The lowest BCUT2D eigenvalue weighted by Crippen LogP contribution is -2.21. The number of ether oxygens (including phenoxy) is 1. The van der Waals surface area contributed by atoms with Gasteiger partial charge in [0.1, 0.15) is 0 Å². The molecule has 2 aromatic rings. The summed E-state index contributed by atoms with van der Waals surface area (Å²) in [4.78, 5) is 18.3. The second-order valence-corrected chi connectivity index (χ2v) is 6.25. The third kappa shape index (κ3) is 4.01. The van der Waals surface area contributed by atoms with Crippen molar-refractivity contribution in [3.8, 4) is 0 Å². The maximum atomic E-state index is 13.5. The zero-order valence-electron chi connectivity index (χ0n) is 14.8. The maximum Gasteiger partial charge on any atom is 0.363 e. The van der Waals surface area contributed by atoms with E-state index < -0.39 is 17.6 Å². The summed E-state index contributed by atoms with van der Waals surface area (Å²) in [5.41, 5.74) is 1.92. The van der Waals surface area contributed by atoms with E-state index in [1.165, 1.54) is 0 Å². The van der Waals surface area contributed by atoms with Crippen molar-refractivity contribution in [1.82, 2.24) is 0 Å². The van der Waals surface area contributed by atoms with Crippen LogP contribution in [0.25, 0.3) is 6.08 Å². The van der Waals surface area contributed by atoms with E-state index in [9.17, 15) is 13.6 Å². The summed E-state index contributed by atoms with van der Waals surface area (Å²) in [6, 6.07) is 9.31. The predicted octanol–water partition coefficient (Wildman–Crippen LogP) is 4.81. The van der Waals surface area contributed by atoms with Crippen molar-refractivity contribution >= 4 is 35.2 Å². The number of nitrogens with zero attached hydrogens (tertiary/aromatic N) is 2. The van der Waals surface area contributed by atoms with E-state index in [2.05, 4.69) is 23.7 Å². The molecule has 0 aromatic heterocycles. The Labute approximate surface area is 160 Å². The third-order valence-corrected chi connectivity index (χ3v) is 4.50. The first-order valence-corrected chi connectivity index (χ1v) is 8.83. The highest BCUT2D eigenvalue weighted by Crippen LogP contribution is 2.26. The van der Waals surface area contributed by atoms with Crippen molar-refractivity contribution < 1.29 is 18.3 Å². The maximum absolute atomic E-state index is 13.5. The summed E-state index contributed by atoms with van der Waals surface area (Å²) in [5, 5.41) is -0.0923. The number of halogens is 3. The molecular formula is C20H17ClF2N2O2. The molecule has 0 fully saturated rings. The molecule has 0 unspecified atom stereocenters. The monoisotopic (exact) mass is 390 g/mol. The van der Waals surface area contributed by atoms with Gasteiger partial charge in [0.2, 0.25) is 5.90 Å². The molecular weight excluding hydrogens is 374 g/mol. The number of hydrogen-bond donors (Lipinski definition) is 0. The van der Waals surface area contributed by atoms with Crippen LogP contribution in [0.5, 0.6) is 0 Å². The molecule has 1 heterocycles. The van der Waals surface area contributed by atoms with Gasteiger partial charge in [-0.25, -0.2) is 18.6 Å². The highest BCUT2D eigenvalue weighted by molar-refractivity contribution is 6.34. The molecule has 0 N–H and O–H groups in total. The fraction of sp³-hybridized carbons (Fsp3) is 0.200. The van der Waals surface area contributed by atoms with E-state index in [0.29, 0.717) is 0 Å². The van der Waals surface area contributed by atoms with Crippen LogP contribution in [0.15, 0.2) is 47.1 Å². The van der Waals surface area contributed by atoms with Crippen LogP contribution >= 0.6 is 11.6 Å². The molecule has 3 rings (SSSR count). The molecule has 0 saturated heterocycles. The molecule has 0 spiro atoms. The van der Waals surface area contributed by atoms with Gasteiger partial charge in [-0.3, -0.25) is 0 Å². The SMILES string of the molecule is CCN(CC)c1ccc(C=C2N=C(c3cc(F)c(F)cc3Cl)OC2=O)cc1. The summed E-state index contributed by atoms with van der Waals surface area (Å²) in [7, 11) is 0. The Bertz CT molecular complexity index is 936. The first-order valence-electron chi connectivity index (χ1n) is 8.45. The Hall–Kier alpha value is -2.73. The van der Waals surface area contributed by atoms with Crippen molar-refractivity contribution in [1.29, 1.82) is 0 Å². The lowest BCUT2D eigenvalue weighted by Gasteiger charge is -2.20. The number of cyclic esters (lactones) is 1. The van der Waals surface area contributed by atoms with Crippen LogP contribution in [-0.2, 0) is 9.53 Å². The number of esters is 1. The van der Waals surface area contributed by atoms with Crippen LogP contribution in [0.2, 0.25) is 5.02 Å². The quantitative estimate of drug-likeness (QED) is 0.418. The molecule has 27 heavy (non-hydrogen) atoms. The Morgan fingerprint density at radius 1 is 1.11 bits per heavy atom. The Morgan fingerprint density at radius 2 is 1.74 bits per heavy atom. The number of hydrogen-bond acceptors (Lipinski definition) is 4. The summed E-state index contributed by atoms with van der Waals surface area (Å²) in [5.74, 6) is -3.02. The molecule has 1 aliphatic heterocycles. The highest BCUT2D eigenvalue weighted by Gasteiger charge is 2.26. The fourth-order valence-electron chi connectivity index (χ4n) is 2.74. The lowest BCUT2D eigenvalue weighted by atomic mass is 10.1. The molecule has 0 amide bonds. The Morgan fingerprint density at radius 3 is 2.37 bits per heavy atom.